The van der Waals surface area contributed by atoms with Crippen molar-refractivity contribution in [2.45, 2.75) is 48.7 Å². The number of carbonyl (C=O) groups is 4. The minimum absolute atomic E-state index is 0.956. The molecule has 0 rings (SSSR count). The van der Waals surface area contributed by atoms with Gasteiger partial charge in [0.05, 0.1) is 0 Å². The molecule has 13 heteroatoms. The van der Waals surface area contributed by atoms with E-state index >= 15 is 0 Å². The molecule has 0 aromatic carbocycles. The van der Waals surface area contributed by atoms with Crippen LogP contribution in [0.3, 0.4) is 0 Å². The summed E-state index contributed by atoms with van der Waals surface area (Å²) in [6.45, 7) is 5.49. The molecule has 0 aliphatic carbocycles. The van der Waals surface area contributed by atoms with Gasteiger partial charge in [-0.15, -0.1) is 0 Å². The zero-order chi connectivity index (χ0) is 19.9. The summed E-state index contributed by atoms with van der Waals surface area (Å²) in [5.74, 6) is -3.95. The van der Waals surface area contributed by atoms with Gasteiger partial charge in [0, 0.05) is 0 Å². The molecule has 0 saturated heterocycles. The Morgan fingerprint density at radius 3 is 0.840 bits per heavy atom. The van der Waals surface area contributed by atoms with Crippen LogP contribution in [-0.4, -0.2) is 64.9 Å². The molecule has 0 spiro atoms. The van der Waals surface area contributed by atoms with Crippen LogP contribution in [0.5, 0.6) is 0 Å². The van der Waals surface area contributed by atoms with Crippen molar-refractivity contribution < 1.29 is 31.5 Å². The summed E-state index contributed by atoms with van der Waals surface area (Å²) in [7, 11) is 0. The average molecular weight is 539 g/mol. The molecule has 4 unspecified atom stereocenters. The first kappa shape index (κ1) is 25.1. The summed E-state index contributed by atoms with van der Waals surface area (Å²) in [5.41, 5.74) is 0. The topological polar surface area (TPSA) is 105 Å². The van der Waals surface area contributed by atoms with Gasteiger partial charge >= 0.3 is 175 Å². The summed E-state index contributed by atoms with van der Waals surface area (Å²) in [5, 5.41) is -3.82. The quantitative estimate of drug-likeness (QED) is 0.266. The first-order valence-corrected chi connectivity index (χ1v) is 13.7. The van der Waals surface area contributed by atoms with Crippen LogP contribution in [-0.2, 0) is 31.5 Å². The van der Waals surface area contributed by atoms with E-state index in [9.17, 15) is 19.2 Å². The molecular formula is C12H20O8S4Sn. The van der Waals surface area contributed by atoms with Gasteiger partial charge in [0.2, 0.25) is 0 Å². The Morgan fingerprint density at radius 2 is 0.720 bits per heavy atom. The fourth-order valence-electron chi connectivity index (χ4n) is 0.959. The van der Waals surface area contributed by atoms with Crippen molar-refractivity contribution in [3.63, 3.8) is 0 Å². The number of thiol groups is 4. The molecule has 8 nitrogen and oxygen atoms in total. The Labute approximate surface area is 173 Å². The van der Waals surface area contributed by atoms with E-state index in [4.69, 9.17) is 12.3 Å². The van der Waals surface area contributed by atoms with Crippen LogP contribution >= 0.6 is 50.5 Å². The summed E-state index contributed by atoms with van der Waals surface area (Å²) in [4.78, 5) is 47.7. The molecule has 0 aromatic rings. The van der Waals surface area contributed by atoms with Crippen LogP contribution in [0.4, 0.5) is 0 Å². The normalized spacial score (nSPS) is 17.9. The average Bonchev–Trinajstić information content (AvgIpc) is 2.46. The predicted molar refractivity (Wildman–Crippen MR) is 104 cm³/mol. The van der Waals surface area contributed by atoms with Crippen molar-refractivity contribution in [2.24, 2.45) is 0 Å². The van der Waals surface area contributed by atoms with E-state index in [1.807, 2.05) is 0 Å². The molecule has 0 aliphatic rings. The molecular weight excluding hydrogens is 519 g/mol. The molecule has 144 valence electrons. The Bertz CT molecular complexity index is 430. The van der Waals surface area contributed by atoms with Gasteiger partial charge in [-0.1, -0.05) is 0 Å². The van der Waals surface area contributed by atoms with Gasteiger partial charge < -0.3 is 0 Å². The number of hydrogen-bond acceptors (Lipinski definition) is 12. The van der Waals surface area contributed by atoms with Crippen LogP contribution in [0.2, 0.25) is 0 Å². The van der Waals surface area contributed by atoms with E-state index in [0.29, 0.717) is 0 Å². The van der Waals surface area contributed by atoms with E-state index in [1.165, 1.54) is 27.7 Å². The maximum absolute atomic E-state index is 11.9. The molecule has 0 N–H and O–H groups in total. The van der Waals surface area contributed by atoms with E-state index in [0.717, 1.165) is 0 Å². The number of hydrogen-bond donors (Lipinski definition) is 4. The molecule has 25 heavy (non-hydrogen) atoms. The molecule has 0 fully saturated rings. The molecule has 0 amide bonds. The molecule has 0 radical (unpaired) electrons. The summed E-state index contributed by atoms with van der Waals surface area (Å²) in [6, 6.07) is 0. The SMILES string of the molecule is CC(S)C(=O)[O][Sn]([O]C(=O)C(C)S)([O]C(=O)C(C)S)[O]C(=O)C(C)S. The van der Waals surface area contributed by atoms with Crippen LogP contribution in [0.15, 0.2) is 0 Å². The zero-order valence-electron chi connectivity index (χ0n) is 13.9. The van der Waals surface area contributed by atoms with Gasteiger partial charge in [0.15, 0.2) is 0 Å². The van der Waals surface area contributed by atoms with Crippen molar-refractivity contribution in [3.05, 3.63) is 0 Å². The van der Waals surface area contributed by atoms with E-state index in [2.05, 4.69) is 50.5 Å². The summed E-state index contributed by atoms with van der Waals surface area (Å²) < 4.78 is 20.1. The fourth-order valence-corrected chi connectivity index (χ4v) is 7.85. The summed E-state index contributed by atoms with van der Waals surface area (Å²) >= 11 is 9.74. The Kier molecular flexibility index (Phi) is 11.1. The predicted octanol–water partition coefficient (Wildman–Crippen LogP) is 0.868. The zero-order valence-corrected chi connectivity index (χ0v) is 20.3. The Balaban J connectivity index is 5.89. The van der Waals surface area contributed by atoms with Gasteiger partial charge in [-0.05, 0) is 0 Å². The molecule has 0 aliphatic heterocycles. The van der Waals surface area contributed by atoms with Crippen LogP contribution in [0.1, 0.15) is 27.7 Å². The second-order valence-corrected chi connectivity index (χ2v) is 13.2. The monoisotopic (exact) mass is 540 g/mol. The van der Waals surface area contributed by atoms with Gasteiger partial charge in [-0.3, -0.25) is 0 Å². The summed E-state index contributed by atoms with van der Waals surface area (Å²) in [6.07, 6.45) is 0. The molecule has 4 atom stereocenters. The van der Waals surface area contributed by atoms with Crippen LogP contribution in [0, 0.1) is 0 Å². The third-order valence-corrected chi connectivity index (χ3v) is 8.26. The van der Waals surface area contributed by atoms with Gasteiger partial charge in [-0.2, -0.15) is 0 Å². The third kappa shape index (κ3) is 9.02. The fraction of sp³-hybridized carbons (Fsp3) is 0.667. The van der Waals surface area contributed by atoms with Crippen LogP contribution < -0.4 is 0 Å². The van der Waals surface area contributed by atoms with Gasteiger partial charge in [-0.25, -0.2) is 0 Å². The minimum atomic E-state index is -5.82. The van der Waals surface area contributed by atoms with Gasteiger partial charge in [0.25, 0.3) is 0 Å². The standard InChI is InChI=1S/4C3H6O2S.Sn/c4*1-2(6)3(4)5;/h4*2,6H,1H3,(H,4,5);/q;;;;+4/p-4. The van der Waals surface area contributed by atoms with E-state index in [-0.39, 0.29) is 0 Å². The van der Waals surface area contributed by atoms with Crippen molar-refractivity contribution in [2.75, 3.05) is 0 Å². The Hall–Kier alpha value is 0.0787. The first-order valence-electron chi connectivity index (χ1n) is 6.95. The number of rotatable bonds is 8. The molecule has 0 aromatic heterocycles. The van der Waals surface area contributed by atoms with Crippen molar-refractivity contribution in [3.8, 4) is 0 Å². The van der Waals surface area contributed by atoms with Crippen molar-refractivity contribution >= 4 is 94.4 Å². The molecule has 0 bridgehead atoms. The second-order valence-electron chi connectivity index (χ2n) is 4.89. The Morgan fingerprint density at radius 1 is 0.560 bits per heavy atom. The molecule has 0 saturated carbocycles. The third-order valence-electron chi connectivity index (χ3n) is 2.27. The van der Waals surface area contributed by atoms with E-state index in [1.54, 1.807) is 0 Å². The van der Waals surface area contributed by atoms with Crippen molar-refractivity contribution in [1.29, 1.82) is 0 Å². The van der Waals surface area contributed by atoms with Crippen LogP contribution in [0.25, 0.3) is 0 Å². The van der Waals surface area contributed by atoms with Crippen molar-refractivity contribution in [1.82, 2.24) is 0 Å². The van der Waals surface area contributed by atoms with E-state index < -0.39 is 64.9 Å². The second kappa shape index (κ2) is 11.0. The first-order chi connectivity index (χ1) is 11.3. The molecule has 0 heterocycles. The maximum atomic E-state index is 11.9. The van der Waals surface area contributed by atoms with Gasteiger partial charge in [0.1, 0.15) is 0 Å². The number of carbonyl (C=O) groups excluding carboxylic acids is 4.